The van der Waals surface area contributed by atoms with Crippen molar-refractivity contribution in [1.82, 2.24) is 10.2 Å². The second-order valence-electron chi connectivity index (χ2n) is 7.10. The minimum absolute atomic E-state index is 0.0253. The summed E-state index contributed by atoms with van der Waals surface area (Å²) in [4.78, 5) is 27.3. The van der Waals surface area contributed by atoms with Crippen molar-refractivity contribution in [3.05, 3.63) is 70.3 Å². The summed E-state index contributed by atoms with van der Waals surface area (Å²) in [7, 11) is 1.56. The molecule has 1 aliphatic rings. The van der Waals surface area contributed by atoms with Crippen LogP contribution in [0.25, 0.3) is 5.76 Å². The molecular formula is C23H25ClN2O5. The van der Waals surface area contributed by atoms with E-state index in [0.717, 1.165) is 0 Å². The summed E-state index contributed by atoms with van der Waals surface area (Å²) in [5.74, 6) is -0.974. The molecule has 2 aromatic rings. The van der Waals surface area contributed by atoms with Crippen LogP contribution in [-0.4, -0.2) is 60.2 Å². The molecule has 0 radical (unpaired) electrons. The number of nitrogens with one attached hydrogen (secondary N) is 1. The van der Waals surface area contributed by atoms with Crippen molar-refractivity contribution >= 4 is 29.1 Å². The molecule has 1 heterocycles. The summed E-state index contributed by atoms with van der Waals surface area (Å²) in [5.41, 5.74) is 1.14. The fraction of sp³-hybridized carbons (Fsp3) is 0.304. The number of likely N-dealkylation sites (tertiary alicyclic amines) is 1. The largest absolute Gasteiger partial charge is 0.507 e. The van der Waals surface area contributed by atoms with Crippen LogP contribution in [0.2, 0.25) is 5.02 Å². The number of nitrogens with zero attached hydrogens (tertiary/aromatic N) is 1. The van der Waals surface area contributed by atoms with Gasteiger partial charge in [-0.25, -0.2) is 0 Å². The third kappa shape index (κ3) is 5.07. The van der Waals surface area contributed by atoms with E-state index < -0.39 is 17.7 Å². The number of ether oxygens (including phenoxy) is 1. The molecule has 8 heteroatoms. The SMILES string of the molecule is COc1ccc([C@H]2C(=C(O)c3ccc(Cl)cc3)C(=O)C(=O)N2CCCNCCO)cc1. The molecule has 0 unspecified atom stereocenters. The van der Waals surface area contributed by atoms with E-state index in [9.17, 15) is 14.7 Å². The molecule has 0 bridgehead atoms. The van der Waals surface area contributed by atoms with Gasteiger partial charge in [0.1, 0.15) is 11.5 Å². The number of hydrogen-bond acceptors (Lipinski definition) is 6. The molecule has 0 aliphatic carbocycles. The van der Waals surface area contributed by atoms with Gasteiger partial charge in [0, 0.05) is 23.7 Å². The molecule has 1 aliphatic heterocycles. The number of carbonyl (C=O) groups excluding carboxylic acids is 2. The van der Waals surface area contributed by atoms with Crippen molar-refractivity contribution in [2.45, 2.75) is 12.5 Å². The highest BCUT2D eigenvalue weighted by molar-refractivity contribution is 6.46. The number of amides is 1. The third-order valence-electron chi connectivity index (χ3n) is 5.13. The molecule has 31 heavy (non-hydrogen) atoms. The van der Waals surface area contributed by atoms with Gasteiger partial charge in [0.05, 0.1) is 25.3 Å². The first-order valence-electron chi connectivity index (χ1n) is 9.97. The molecule has 1 saturated heterocycles. The number of aliphatic hydroxyl groups is 2. The molecule has 0 aromatic heterocycles. The predicted molar refractivity (Wildman–Crippen MR) is 118 cm³/mol. The summed E-state index contributed by atoms with van der Waals surface area (Å²) >= 11 is 5.94. The van der Waals surface area contributed by atoms with Gasteiger partial charge in [0.2, 0.25) is 0 Å². The second kappa shape index (κ2) is 10.4. The minimum atomic E-state index is -0.725. The van der Waals surface area contributed by atoms with E-state index in [0.29, 0.717) is 48.0 Å². The van der Waals surface area contributed by atoms with E-state index >= 15 is 0 Å². The first kappa shape index (κ1) is 22.8. The van der Waals surface area contributed by atoms with Gasteiger partial charge < -0.3 is 25.2 Å². The number of aliphatic hydroxyl groups excluding tert-OH is 2. The molecule has 0 spiro atoms. The highest BCUT2D eigenvalue weighted by atomic mass is 35.5. The standard InChI is InChI=1S/C23H25ClN2O5/c1-31-18-9-5-15(6-10-18)20-19(21(28)16-3-7-17(24)8-4-16)22(29)23(30)26(20)13-2-11-25-12-14-27/h3-10,20,25,27-28H,2,11-14H2,1H3/t20-/m0/s1. The maximum atomic E-state index is 12.9. The van der Waals surface area contributed by atoms with Gasteiger partial charge in [-0.05, 0) is 54.9 Å². The lowest BCUT2D eigenvalue weighted by atomic mass is 9.95. The number of hydrogen-bond donors (Lipinski definition) is 3. The molecule has 3 rings (SSSR count). The van der Waals surface area contributed by atoms with Crippen LogP contribution >= 0.6 is 11.6 Å². The van der Waals surface area contributed by atoms with Crippen LogP contribution in [0.1, 0.15) is 23.6 Å². The lowest BCUT2D eigenvalue weighted by Gasteiger charge is -2.25. The zero-order valence-electron chi connectivity index (χ0n) is 17.2. The van der Waals surface area contributed by atoms with Crippen molar-refractivity contribution in [3.63, 3.8) is 0 Å². The number of halogens is 1. The minimum Gasteiger partial charge on any atom is -0.507 e. The van der Waals surface area contributed by atoms with Gasteiger partial charge in [-0.3, -0.25) is 9.59 Å². The van der Waals surface area contributed by atoms with Crippen molar-refractivity contribution in [1.29, 1.82) is 0 Å². The Morgan fingerprint density at radius 3 is 2.39 bits per heavy atom. The van der Waals surface area contributed by atoms with Crippen LogP contribution in [0, 0.1) is 0 Å². The Bertz CT molecular complexity index is 957. The maximum absolute atomic E-state index is 12.9. The Morgan fingerprint density at radius 2 is 1.77 bits per heavy atom. The Hall–Kier alpha value is -2.87. The Labute approximate surface area is 185 Å². The molecule has 1 atom stereocenters. The molecule has 2 aromatic carbocycles. The smallest absolute Gasteiger partial charge is 0.295 e. The molecular weight excluding hydrogens is 420 g/mol. The van der Waals surface area contributed by atoms with Gasteiger partial charge in [-0.1, -0.05) is 23.7 Å². The zero-order chi connectivity index (χ0) is 22.4. The van der Waals surface area contributed by atoms with E-state index in [4.69, 9.17) is 21.4 Å². The van der Waals surface area contributed by atoms with Crippen LogP contribution in [0.5, 0.6) is 5.75 Å². The molecule has 3 N–H and O–H groups in total. The average Bonchev–Trinajstić information content (AvgIpc) is 3.04. The number of benzene rings is 2. The summed E-state index contributed by atoms with van der Waals surface area (Å²) in [6.07, 6.45) is 0.584. The van der Waals surface area contributed by atoms with Gasteiger partial charge >= 0.3 is 0 Å². The highest BCUT2D eigenvalue weighted by Crippen LogP contribution is 2.39. The molecule has 7 nitrogen and oxygen atoms in total. The number of ketones is 1. The summed E-state index contributed by atoms with van der Waals surface area (Å²) in [6.45, 7) is 1.38. The Kier molecular flexibility index (Phi) is 7.68. The van der Waals surface area contributed by atoms with Crippen LogP contribution in [0.15, 0.2) is 54.1 Å². The van der Waals surface area contributed by atoms with E-state index in [1.165, 1.54) is 4.90 Å². The van der Waals surface area contributed by atoms with Gasteiger partial charge in [-0.2, -0.15) is 0 Å². The van der Waals surface area contributed by atoms with Crippen molar-refractivity contribution < 1.29 is 24.5 Å². The molecule has 1 fully saturated rings. The molecule has 1 amide bonds. The van der Waals surface area contributed by atoms with Crippen LogP contribution in [-0.2, 0) is 9.59 Å². The van der Waals surface area contributed by atoms with Crippen LogP contribution in [0.3, 0.4) is 0 Å². The highest BCUT2D eigenvalue weighted by Gasteiger charge is 2.45. The van der Waals surface area contributed by atoms with Gasteiger partial charge in [0.25, 0.3) is 11.7 Å². The zero-order valence-corrected chi connectivity index (χ0v) is 17.9. The number of rotatable bonds is 9. The van der Waals surface area contributed by atoms with E-state index in [-0.39, 0.29) is 17.9 Å². The lowest BCUT2D eigenvalue weighted by Crippen LogP contribution is -2.32. The normalized spacial score (nSPS) is 17.9. The maximum Gasteiger partial charge on any atom is 0.295 e. The average molecular weight is 445 g/mol. The topological polar surface area (TPSA) is 99.1 Å². The fourth-order valence-electron chi connectivity index (χ4n) is 3.59. The predicted octanol–water partition coefficient (Wildman–Crippen LogP) is 2.74. The van der Waals surface area contributed by atoms with E-state index in [1.54, 1.807) is 55.6 Å². The Morgan fingerprint density at radius 1 is 1.10 bits per heavy atom. The van der Waals surface area contributed by atoms with Crippen molar-refractivity contribution in [3.8, 4) is 5.75 Å². The van der Waals surface area contributed by atoms with Crippen LogP contribution in [0.4, 0.5) is 0 Å². The first-order chi connectivity index (χ1) is 15.0. The summed E-state index contributed by atoms with van der Waals surface area (Å²) in [6, 6.07) is 12.8. The van der Waals surface area contributed by atoms with Gasteiger partial charge in [0.15, 0.2) is 0 Å². The van der Waals surface area contributed by atoms with Crippen molar-refractivity contribution in [2.75, 3.05) is 33.4 Å². The van der Waals surface area contributed by atoms with E-state index in [2.05, 4.69) is 5.32 Å². The summed E-state index contributed by atoms with van der Waals surface area (Å²) in [5, 5.41) is 23.4. The fourth-order valence-corrected chi connectivity index (χ4v) is 3.71. The third-order valence-corrected chi connectivity index (χ3v) is 5.38. The number of methoxy groups -OCH3 is 1. The van der Waals surface area contributed by atoms with Crippen molar-refractivity contribution in [2.24, 2.45) is 0 Å². The number of carbonyl (C=O) groups is 2. The monoisotopic (exact) mass is 444 g/mol. The quantitative estimate of drug-likeness (QED) is 0.238. The lowest BCUT2D eigenvalue weighted by molar-refractivity contribution is -0.139. The number of Topliss-reactive ketones (excluding diaryl/α,β-unsaturated/α-hetero) is 1. The Balaban J connectivity index is 2.00. The van der Waals surface area contributed by atoms with E-state index in [1.807, 2.05) is 0 Å². The molecule has 164 valence electrons. The second-order valence-corrected chi connectivity index (χ2v) is 7.54. The molecule has 0 saturated carbocycles. The first-order valence-corrected chi connectivity index (χ1v) is 10.4. The van der Waals surface area contributed by atoms with Crippen LogP contribution < -0.4 is 10.1 Å². The summed E-state index contributed by atoms with van der Waals surface area (Å²) < 4.78 is 5.21. The van der Waals surface area contributed by atoms with Gasteiger partial charge in [-0.15, -0.1) is 0 Å².